The Bertz CT molecular complexity index is 342. The number of aliphatic imine (C=N–C) groups is 1. The molecule has 0 aromatic carbocycles. The van der Waals surface area contributed by atoms with Crippen LogP contribution in [-0.2, 0) is 0 Å². The SMILES string of the molecule is CN1CCCN=C1/C=C/c1nncs1. The molecule has 74 valence electrons. The second-order valence-electron chi connectivity index (χ2n) is 3.13. The molecule has 0 fully saturated rings. The predicted octanol–water partition coefficient (Wildman–Crippen LogP) is 1.29. The fourth-order valence-corrected chi connectivity index (χ4v) is 1.76. The summed E-state index contributed by atoms with van der Waals surface area (Å²) in [6.45, 7) is 2.01. The summed E-state index contributed by atoms with van der Waals surface area (Å²) >= 11 is 1.53. The van der Waals surface area contributed by atoms with Gasteiger partial charge in [-0.2, -0.15) is 0 Å². The maximum atomic E-state index is 4.42. The maximum absolute atomic E-state index is 4.42. The molecule has 1 aromatic rings. The summed E-state index contributed by atoms with van der Waals surface area (Å²) in [5.41, 5.74) is 1.73. The van der Waals surface area contributed by atoms with Crippen molar-refractivity contribution < 1.29 is 0 Å². The topological polar surface area (TPSA) is 41.4 Å². The van der Waals surface area contributed by atoms with Gasteiger partial charge < -0.3 is 4.90 Å². The molecule has 2 heterocycles. The Morgan fingerprint density at radius 3 is 3.14 bits per heavy atom. The van der Waals surface area contributed by atoms with Gasteiger partial charge in [-0.05, 0) is 18.6 Å². The standard InChI is InChI=1S/C9H12N4S/c1-13-6-2-5-10-8(13)3-4-9-12-11-7-14-9/h3-4,7H,2,5-6H2,1H3/b4-3+. The van der Waals surface area contributed by atoms with E-state index in [9.17, 15) is 0 Å². The van der Waals surface area contributed by atoms with Crippen molar-refractivity contribution in [3.8, 4) is 0 Å². The van der Waals surface area contributed by atoms with Crippen molar-refractivity contribution in [3.63, 3.8) is 0 Å². The Morgan fingerprint density at radius 1 is 1.50 bits per heavy atom. The summed E-state index contributed by atoms with van der Waals surface area (Å²) in [6, 6.07) is 0. The zero-order valence-corrected chi connectivity index (χ0v) is 8.87. The van der Waals surface area contributed by atoms with Gasteiger partial charge in [0.2, 0.25) is 0 Å². The minimum atomic E-state index is 0.923. The predicted molar refractivity (Wildman–Crippen MR) is 58.5 cm³/mol. The van der Waals surface area contributed by atoms with Gasteiger partial charge in [0.05, 0.1) is 0 Å². The zero-order chi connectivity index (χ0) is 9.80. The molecule has 1 aliphatic rings. The van der Waals surface area contributed by atoms with E-state index in [0.717, 1.165) is 30.4 Å². The first kappa shape index (κ1) is 9.33. The lowest BCUT2D eigenvalue weighted by molar-refractivity contribution is 0.470. The Labute approximate surface area is 87.0 Å². The number of likely N-dealkylation sites (N-methyl/N-ethyl adjacent to an activating group) is 1. The van der Waals surface area contributed by atoms with Gasteiger partial charge in [0.15, 0.2) is 0 Å². The number of nitrogens with zero attached hydrogens (tertiary/aromatic N) is 4. The van der Waals surface area contributed by atoms with E-state index in [1.807, 2.05) is 12.2 Å². The molecule has 0 aliphatic carbocycles. The highest BCUT2D eigenvalue weighted by Crippen LogP contribution is 2.06. The van der Waals surface area contributed by atoms with Crippen LogP contribution in [0.15, 0.2) is 16.6 Å². The summed E-state index contributed by atoms with van der Waals surface area (Å²) in [7, 11) is 2.06. The highest BCUT2D eigenvalue weighted by atomic mass is 32.1. The van der Waals surface area contributed by atoms with E-state index in [1.54, 1.807) is 5.51 Å². The van der Waals surface area contributed by atoms with Gasteiger partial charge in [0, 0.05) is 20.1 Å². The van der Waals surface area contributed by atoms with Crippen molar-refractivity contribution in [2.75, 3.05) is 20.1 Å². The molecule has 14 heavy (non-hydrogen) atoms. The van der Waals surface area contributed by atoms with Gasteiger partial charge in [-0.15, -0.1) is 21.5 Å². The highest BCUT2D eigenvalue weighted by molar-refractivity contribution is 7.10. The van der Waals surface area contributed by atoms with Crippen molar-refractivity contribution >= 4 is 23.2 Å². The first-order valence-electron chi connectivity index (χ1n) is 4.56. The fraction of sp³-hybridized carbons (Fsp3) is 0.444. The second-order valence-corrected chi connectivity index (χ2v) is 3.99. The minimum Gasteiger partial charge on any atom is -0.360 e. The van der Waals surface area contributed by atoms with Crippen molar-refractivity contribution in [2.45, 2.75) is 6.42 Å². The summed E-state index contributed by atoms with van der Waals surface area (Å²) in [5.74, 6) is 1.03. The number of amidine groups is 1. The van der Waals surface area contributed by atoms with E-state index in [2.05, 4.69) is 27.1 Å². The minimum absolute atomic E-state index is 0.923. The van der Waals surface area contributed by atoms with E-state index in [0.29, 0.717) is 0 Å². The monoisotopic (exact) mass is 208 g/mol. The van der Waals surface area contributed by atoms with Crippen molar-refractivity contribution in [2.24, 2.45) is 4.99 Å². The molecule has 0 saturated heterocycles. The van der Waals surface area contributed by atoms with Gasteiger partial charge in [-0.25, -0.2) is 0 Å². The van der Waals surface area contributed by atoms with Crippen molar-refractivity contribution in [1.29, 1.82) is 0 Å². The molecule has 0 saturated carbocycles. The average Bonchev–Trinajstić information content (AvgIpc) is 2.69. The molecule has 2 rings (SSSR count). The lowest BCUT2D eigenvalue weighted by Crippen LogP contribution is -2.30. The third-order valence-electron chi connectivity index (χ3n) is 2.07. The molecule has 0 spiro atoms. The Hall–Kier alpha value is -1.23. The van der Waals surface area contributed by atoms with E-state index in [-0.39, 0.29) is 0 Å². The number of hydrogen-bond acceptors (Lipinski definition) is 5. The van der Waals surface area contributed by atoms with E-state index in [1.165, 1.54) is 11.3 Å². The Morgan fingerprint density at radius 2 is 2.43 bits per heavy atom. The van der Waals surface area contributed by atoms with Crippen LogP contribution in [0.3, 0.4) is 0 Å². The molecule has 0 unspecified atom stereocenters. The summed E-state index contributed by atoms with van der Waals surface area (Å²) < 4.78 is 0. The summed E-state index contributed by atoms with van der Waals surface area (Å²) in [4.78, 5) is 6.58. The molecule has 0 N–H and O–H groups in total. The smallest absolute Gasteiger partial charge is 0.140 e. The normalized spacial score (nSPS) is 17.5. The fourth-order valence-electron chi connectivity index (χ4n) is 1.32. The molecule has 0 bridgehead atoms. The molecule has 0 atom stereocenters. The first-order valence-corrected chi connectivity index (χ1v) is 5.44. The van der Waals surface area contributed by atoms with Crippen molar-refractivity contribution in [3.05, 3.63) is 16.6 Å². The first-order chi connectivity index (χ1) is 6.86. The van der Waals surface area contributed by atoms with Crippen LogP contribution in [-0.4, -0.2) is 41.1 Å². The number of rotatable bonds is 2. The van der Waals surface area contributed by atoms with Crippen LogP contribution in [0.5, 0.6) is 0 Å². The Balaban J connectivity index is 2.06. The van der Waals surface area contributed by atoms with Gasteiger partial charge in [0.1, 0.15) is 16.4 Å². The lowest BCUT2D eigenvalue weighted by Gasteiger charge is -2.22. The molecular weight excluding hydrogens is 196 g/mol. The van der Waals surface area contributed by atoms with E-state index < -0.39 is 0 Å². The van der Waals surface area contributed by atoms with Crippen LogP contribution < -0.4 is 0 Å². The quantitative estimate of drug-likeness (QED) is 0.735. The molecule has 4 nitrogen and oxygen atoms in total. The lowest BCUT2D eigenvalue weighted by atomic mass is 10.3. The molecule has 1 aliphatic heterocycles. The van der Waals surface area contributed by atoms with E-state index in [4.69, 9.17) is 0 Å². The molecule has 0 amide bonds. The van der Waals surface area contributed by atoms with Gasteiger partial charge >= 0.3 is 0 Å². The van der Waals surface area contributed by atoms with Crippen LogP contribution in [0.2, 0.25) is 0 Å². The molecule has 1 aromatic heterocycles. The summed E-state index contributed by atoms with van der Waals surface area (Å²) in [6.07, 6.45) is 5.10. The largest absolute Gasteiger partial charge is 0.360 e. The third-order valence-corrected chi connectivity index (χ3v) is 2.73. The van der Waals surface area contributed by atoms with Crippen LogP contribution in [0.1, 0.15) is 11.4 Å². The molecule has 5 heteroatoms. The number of hydrogen-bond donors (Lipinski definition) is 0. The van der Waals surface area contributed by atoms with Gasteiger partial charge in [-0.1, -0.05) is 0 Å². The van der Waals surface area contributed by atoms with E-state index >= 15 is 0 Å². The van der Waals surface area contributed by atoms with Gasteiger partial charge in [-0.3, -0.25) is 4.99 Å². The Kier molecular flexibility index (Phi) is 2.88. The van der Waals surface area contributed by atoms with Crippen molar-refractivity contribution in [1.82, 2.24) is 15.1 Å². The van der Waals surface area contributed by atoms with Crippen LogP contribution in [0, 0.1) is 0 Å². The third kappa shape index (κ3) is 2.17. The molecular formula is C9H12N4S. The maximum Gasteiger partial charge on any atom is 0.140 e. The van der Waals surface area contributed by atoms with Crippen LogP contribution in [0.25, 0.3) is 6.08 Å². The average molecular weight is 208 g/mol. The number of aromatic nitrogens is 2. The molecule has 0 radical (unpaired) electrons. The van der Waals surface area contributed by atoms with Crippen LogP contribution in [0.4, 0.5) is 0 Å². The van der Waals surface area contributed by atoms with Gasteiger partial charge in [0.25, 0.3) is 0 Å². The zero-order valence-electron chi connectivity index (χ0n) is 8.05. The van der Waals surface area contributed by atoms with Crippen LogP contribution >= 0.6 is 11.3 Å². The highest BCUT2D eigenvalue weighted by Gasteiger charge is 2.07. The second kappa shape index (κ2) is 4.32. The summed E-state index contributed by atoms with van der Waals surface area (Å²) in [5, 5.41) is 8.63.